The number of ether oxygens (including phenoxy) is 1. The van der Waals surface area contributed by atoms with Crippen LogP contribution >= 0.6 is 0 Å². The van der Waals surface area contributed by atoms with E-state index in [9.17, 15) is 19.5 Å². The zero-order valence-corrected chi connectivity index (χ0v) is 19.7. The molecule has 35 heavy (non-hydrogen) atoms. The second-order valence-corrected chi connectivity index (χ2v) is 9.46. The summed E-state index contributed by atoms with van der Waals surface area (Å²) < 4.78 is 18.5. The van der Waals surface area contributed by atoms with Gasteiger partial charge in [-0.05, 0) is 37.5 Å². The van der Waals surface area contributed by atoms with Crippen LogP contribution in [-0.4, -0.2) is 40.7 Å². The lowest BCUT2D eigenvalue weighted by Crippen LogP contribution is -2.46. The summed E-state index contributed by atoms with van der Waals surface area (Å²) in [5.74, 6) is 0.0941. The molecule has 184 valence electrons. The Morgan fingerprint density at radius 2 is 2.00 bits per heavy atom. The van der Waals surface area contributed by atoms with Crippen LogP contribution in [0.2, 0.25) is 0 Å². The maximum absolute atomic E-state index is 12.7. The number of nitrogens with zero attached hydrogens (tertiary/aromatic N) is 2. The third-order valence-corrected chi connectivity index (χ3v) is 6.95. The molecule has 3 atom stereocenters. The molecule has 5 heterocycles. The molecule has 2 aliphatic rings. The van der Waals surface area contributed by atoms with E-state index in [4.69, 9.17) is 13.6 Å². The molecule has 0 spiro atoms. The maximum Gasteiger partial charge on any atom is 0.306 e. The van der Waals surface area contributed by atoms with Crippen molar-refractivity contribution in [2.24, 2.45) is 5.92 Å². The van der Waals surface area contributed by atoms with Gasteiger partial charge in [-0.15, -0.1) is 0 Å². The van der Waals surface area contributed by atoms with E-state index < -0.39 is 23.1 Å². The van der Waals surface area contributed by atoms with E-state index in [2.05, 4.69) is 4.90 Å². The molecule has 3 aromatic rings. The fraction of sp³-hybridized carbons (Fsp3) is 0.423. The minimum absolute atomic E-state index is 0.0126. The van der Waals surface area contributed by atoms with E-state index >= 15 is 0 Å². The summed E-state index contributed by atoms with van der Waals surface area (Å²) in [4.78, 5) is 39.3. The fourth-order valence-corrected chi connectivity index (χ4v) is 5.43. The molecule has 3 aromatic heterocycles. The average molecular weight is 481 g/mol. The van der Waals surface area contributed by atoms with Gasteiger partial charge in [-0.3, -0.25) is 19.3 Å². The largest absolute Gasteiger partial charge is 0.502 e. The summed E-state index contributed by atoms with van der Waals surface area (Å²) in [5, 5.41) is 10.6. The lowest BCUT2D eigenvalue weighted by molar-refractivity contribution is -0.141. The first-order chi connectivity index (χ1) is 16.8. The minimum atomic E-state index is -0.803. The molecule has 1 saturated heterocycles. The molecule has 9 heteroatoms. The molecule has 0 aromatic carbocycles. The number of esters is 1. The Kier molecular flexibility index (Phi) is 6.10. The van der Waals surface area contributed by atoms with E-state index in [0.717, 1.165) is 25.2 Å². The van der Waals surface area contributed by atoms with Crippen LogP contribution in [0.1, 0.15) is 53.4 Å². The first-order valence-corrected chi connectivity index (χ1v) is 11.7. The molecular formula is C26H28N2O7. The molecule has 0 radical (unpaired) electrons. The van der Waals surface area contributed by atoms with E-state index in [1.807, 2.05) is 10.6 Å². The average Bonchev–Trinajstić information content (AvgIpc) is 3.26. The summed E-state index contributed by atoms with van der Waals surface area (Å²) in [7, 11) is 1.28. The third kappa shape index (κ3) is 4.55. The number of fused-ring (bicyclic) bond motifs is 4. The van der Waals surface area contributed by atoms with Gasteiger partial charge in [0.05, 0.1) is 26.0 Å². The van der Waals surface area contributed by atoms with Gasteiger partial charge in [0.15, 0.2) is 5.76 Å². The monoisotopic (exact) mass is 480 g/mol. The van der Waals surface area contributed by atoms with E-state index in [1.54, 1.807) is 31.2 Å². The molecule has 2 bridgehead atoms. The number of pyridine rings is 1. The number of aromatic nitrogens is 1. The maximum atomic E-state index is 12.7. The molecule has 9 nitrogen and oxygen atoms in total. The third-order valence-electron chi connectivity index (χ3n) is 6.95. The number of hydrogen-bond donors (Lipinski definition) is 1. The van der Waals surface area contributed by atoms with Gasteiger partial charge < -0.3 is 23.2 Å². The van der Waals surface area contributed by atoms with Crippen LogP contribution in [0.3, 0.4) is 0 Å². The van der Waals surface area contributed by atoms with Gasteiger partial charge in [-0.1, -0.05) is 6.07 Å². The van der Waals surface area contributed by atoms with Gasteiger partial charge in [0.1, 0.15) is 17.3 Å². The predicted octanol–water partition coefficient (Wildman–Crippen LogP) is 2.72. The zero-order chi connectivity index (χ0) is 24.7. The van der Waals surface area contributed by atoms with Crippen molar-refractivity contribution in [1.82, 2.24) is 9.47 Å². The molecule has 5 rings (SSSR count). The van der Waals surface area contributed by atoms with Gasteiger partial charge >= 0.3 is 5.97 Å². The quantitative estimate of drug-likeness (QED) is 0.536. The molecule has 3 unspecified atom stereocenters. The highest BCUT2D eigenvalue weighted by Crippen LogP contribution is 2.37. The van der Waals surface area contributed by atoms with Crippen molar-refractivity contribution in [1.29, 1.82) is 0 Å². The minimum Gasteiger partial charge on any atom is -0.502 e. The zero-order valence-electron chi connectivity index (χ0n) is 19.7. The number of furan rings is 1. The first-order valence-electron chi connectivity index (χ1n) is 11.7. The van der Waals surface area contributed by atoms with Gasteiger partial charge in [0.25, 0.3) is 5.56 Å². The second kappa shape index (κ2) is 9.22. The Bertz CT molecular complexity index is 1370. The van der Waals surface area contributed by atoms with Gasteiger partial charge in [-0.2, -0.15) is 0 Å². The van der Waals surface area contributed by atoms with Crippen LogP contribution in [0.5, 0.6) is 5.75 Å². The van der Waals surface area contributed by atoms with Crippen molar-refractivity contribution in [2.75, 3.05) is 20.2 Å². The van der Waals surface area contributed by atoms with Crippen LogP contribution in [-0.2, 0) is 22.6 Å². The Labute approximate surface area is 201 Å². The highest BCUT2D eigenvalue weighted by atomic mass is 16.5. The van der Waals surface area contributed by atoms with Crippen LogP contribution in [0.25, 0.3) is 0 Å². The number of aromatic hydroxyl groups is 1. The standard InChI is InChI=1S/C26H28N2O7/c1-15-6-7-22(34-15)19(10-24(31)33-2)26-25(32)21(29)9-18(35-26)14-27-11-16-8-17(13-27)20-4-3-5-23(30)28(20)12-16/h3-7,9,16-17,19,32H,8,10-14H2,1-2H3. The van der Waals surface area contributed by atoms with Gasteiger partial charge in [0, 0.05) is 43.4 Å². The number of likely N-dealkylation sites (tertiary alicyclic amines) is 1. The summed E-state index contributed by atoms with van der Waals surface area (Å²) >= 11 is 0. The molecule has 0 saturated carbocycles. The van der Waals surface area contributed by atoms with Crippen molar-refractivity contribution in [2.45, 2.75) is 44.7 Å². The first kappa shape index (κ1) is 23.2. The van der Waals surface area contributed by atoms with Crippen molar-refractivity contribution in [3.63, 3.8) is 0 Å². The molecule has 1 fully saturated rings. The summed E-state index contributed by atoms with van der Waals surface area (Å²) in [6, 6.07) is 10.1. The highest BCUT2D eigenvalue weighted by Gasteiger charge is 2.35. The number of piperidine rings is 1. The number of hydrogen-bond acceptors (Lipinski definition) is 8. The van der Waals surface area contributed by atoms with Crippen LogP contribution in [0.4, 0.5) is 0 Å². The number of carbonyl (C=O) groups is 1. The Balaban J connectivity index is 1.44. The second-order valence-electron chi connectivity index (χ2n) is 9.46. The van der Waals surface area contributed by atoms with E-state index in [0.29, 0.717) is 36.3 Å². The Hall–Kier alpha value is -3.59. The number of rotatable bonds is 6. The SMILES string of the molecule is COC(=O)CC(c1ccc(C)o1)c1oc(CN2CC3CC(C2)c2cccc(=O)n2C3)cc(=O)c1O. The van der Waals surface area contributed by atoms with E-state index in [-0.39, 0.29) is 23.7 Å². The van der Waals surface area contributed by atoms with Gasteiger partial charge in [0.2, 0.25) is 11.2 Å². The normalized spacial score (nSPS) is 20.3. The lowest BCUT2D eigenvalue weighted by Gasteiger charge is -2.42. The smallest absolute Gasteiger partial charge is 0.306 e. The summed E-state index contributed by atoms with van der Waals surface area (Å²) in [5.41, 5.74) is 0.496. The number of aryl methyl sites for hydroxylation is 1. The molecule has 2 aliphatic heterocycles. The predicted molar refractivity (Wildman–Crippen MR) is 125 cm³/mol. The van der Waals surface area contributed by atoms with Crippen LogP contribution < -0.4 is 11.0 Å². The summed E-state index contributed by atoms with van der Waals surface area (Å²) in [6.07, 6.45) is 0.868. The molecule has 1 N–H and O–H groups in total. The van der Waals surface area contributed by atoms with Crippen molar-refractivity contribution in [3.8, 4) is 5.75 Å². The van der Waals surface area contributed by atoms with Crippen LogP contribution in [0, 0.1) is 12.8 Å². The fourth-order valence-electron chi connectivity index (χ4n) is 5.43. The Morgan fingerprint density at radius 3 is 2.74 bits per heavy atom. The van der Waals surface area contributed by atoms with E-state index in [1.165, 1.54) is 13.2 Å². The Morgan fingerprint density at radius 1 is 1.17 bits per heavy atom. The molecule has 0 amide bonds. The lowest BCUT2D eigenvalue weighted by atomic mass is 9.83. The number of methoxy groups -OCH3 is 1. The van der Waals surface area contributed by atoms with Crippen molar-refractivity contribution < 1.29 is 23.5 Å². The van der Waals surface area contributed by atoms with Crippen molar-refractivity contribution >= 4 is 5.97 Å². The summed E-state index contributed by atoms with van der Waals surface area (Å²) in [6.45, 7) is 4.30. The highest BCUT2D eigenvalue weighted by molar-refractivity contribution is 5.71. The molecule has 0 aliphatic carbocycles. The number of carbonyl (C=O) groups excluding carboxylic acids is 1. The van der Waals surface area contributed by atoms with Crippen molar-refractivity contribution in [3.05, 3.63) is 85.7 Å². The van der Waals surface area contributed by atoms with Crippen LogP contribution in [0.15, 0.2) is 54.8 Å². The van der Waals surface area contributed by atoms with Gasteiger partial charge in [-0.25, -0.2) is 0 Å². The topological polar surface area (TPSA) is 115 Å². The molecular weight excluding hydrogens is 452 g/mol.